The Morgan fingerprint density at radius 2 is 1.83 bits per heavy atom. The number of hydrogen-bond acceptors (Lipinski definition) is 2. The van der Waals surface area contributed by atoms with Gasteiger partial charge in [-0.25, -0.2) is 0 Å². The quantitative estimate of drug-likeness (QED) is 0.748. The molecule has 0 aromatic heterocycles. The van der Waals surface area contributed by atoms with Crippen LogP contribution in [0.3, 0.4) is 0 Å². The first-order valence-electron chi connectivity index (χ1n) is 7.27. The zero-order valence-electron chi connectivity index (χ0n) is 11.2. The van der Waals surface area contributed by atoms with Crippen molar-refractivity contribution in [2.75, 3.05) is 26.3 Å². The molecule has 0 radical (unpaired) electrons. The molecule has 1 aromatic carbocycles. The number of nitrogens with one attached hydrogen (secondary N) is 1. The van der Waals surface area contributed by atoms with Crippen molar-refractivity contribution in [2.45, 2.75) is 32.1 Å². The maximum atomic E-state index is 5.78. The van der Waals surface area contributed by atoms with E-state index in [1.807, 2.05) is 0 Å². The summed E-state index contributed by atoms with van der Waals surface area (Å²) in [7, 11) is 0. The van der Waals surface area contributed by atoms with Gasteiger partial charge in [0.2, 0.25) is 0 Å². The molecule has 0 aliphatic carbocycles. The first kappa shape index (κ1) is 13.6. The predicted molar refractivity (Wildman–Crippen MR) is 75.8 cm³/mol. The van der Waals surface area contributed by atoms with Crippen LogP contribution in [0, 0.1) is 5.92 Å². The minimum Gasteiger partial charge on any atom is -0.381 e. The number of benzene rings is 1. The Kier molecular flexibility index (Phi) is 6.24. The molecule has 1 heterocycles. The summed E-state index contributed by atoms with van der Waals surface area (Å²) in [4.78, 5) is 0. The summed E-state index contributed by atoms with van der Waals surface area (Å²) in [5, 5.41) is 3.39. The minimum atomic E-state index is 0.792. The molecule has 2 heteroatoms. The van der Waals surface area contributed by atoms with E-state index in [-0.39, 0.29) is 0 Å². The smallest absolute Gasteiger partial charge is 0.0495 e. The highest BCUT2D eigenvalue weighted by Crippen LogP contribution is 2.12. The van der Waals surface area contributed by atoms with Crippen molar-refractivity contribution in [1.82, 2.24) is 5.32 Å². The molecule has 2 nitrogen and oxygen atoms in total. The molecule has 1 saturated heterocycles. The summed E-state index contributed by atoms with van der Waals surface area (Å²) < 4.78 is 5.78. The number of hydrogen-bond donors (Lipinski definition) is 1. The Morgan fingerprint density at radius 1 is 1.06 bits per heavy atom. The lowest BCUT2D eigenvalue weighted by Crippen LogP contribution is -2.30. The number of ether oxygens (including phenoxy) is 1. The van der Waals surface area contributed by atoms with Crippen molar-refractivity contribution in [3.8, 4) is 0 Å². The molecule has 0 spiro atoms. The minimum absolute atomic E-state index is 0.792. The third kappa shape index (κ3) is 5.19. The highest BCUT2D eigenvalue weighted by molar-refractivity contribution is 5.14. The van der Waals surface area contributed by atoms with E-state index in [0.29, 0.717) is 0 Å². The Bertz CT molecular complexity index is 306. The third-order valence-electron chi connectivity index (χ3n) is 3.66. The van der Waals surface area contributed by atoms with Gasteiger partial charge in [0.25, 0.3) is 0 Å². The van der Waals surface area contributed by atoms with Crippen LogP contribution in [0.4, 0.5) is 0 Å². The highest BCUT2D eigenvalue weighted by atomic mass is 16.5. The van der Waals surface area contributed by atoms with Gasteiger partial charge in [0.15, 0.2) is 0 Å². The van der Waals surface area contributed by atoms with Crippen LogP contribution in [0.5, 0.6) is 0 Å². The molecule has 1 N–H and O–H groups in total. The van der Waals surface area contributed by atoms with E-state index in [4.69, 9.17) is 4.74 Å². The lowest BCUT2D eigenvalue weighted by atomic mass is 9.99. The first-order chi connectivity index (χ1) is 8.95. The fourth-order valence-electron chi connectivity index (χ4n) is 2.48. The van der Waals surface area contributed by atoms with E-state index >= 15 is 0 Å². The number of piperidine rings is 1. The topological polar surface area (TPSA) is 21.3 Å². The molecule has 2 rings (SSSR count). The van der Waals surface area contributed by atoms with E-state index in [2.05, 4.69) is 35.6 Å². The molecule has 1 fully saturated rings. The highest BCUT2D eigenvalue weighted by Gasteiger charge is 2.12. The summed E-state index contributed by atoms with van der Waals surface area (Å²) in [5.74, 6) is 0.792. The molecule has 1 aliphatic rings. The average molecular weight is 247 g/mol. The van der Waals surface area contributed by atoms with Crippen molar-refractivity contribution in [1.29, 1.82) is 0 Å². The van der Waals surface area contributed by atoms with E-state index in [9.17, 15) is 0 Å². The molecule has 1 aromatic rings. The maximum Gasteiger partial charge on any atom is 0.0495 e. The van der Waals surface area contributed by atoms with Gasteiger partial charge in [-0.05, 0) is 56.7 Å². The summed E-state index contributed by atoms with van der Waals surface area (Å²) in [5.41, 5.74) is 1.44. The second kappa shape index (κ2) is 8.28. The first-order valence-corrected chi connectivity index (χ1v) is 7.27. The summed E-state index contributed by atoms with van der Waals surface area (Å²) in [6, 6.07) is 10.7. The van der Waals surface area contributed by atoms with Crippen molar-refractivity contribution >= 4 is 0 Å². The molecule has 0 atom stereocenters. The van der Waals surface area contributed by atoms with Crippen LogP contribution in [0.15, 0.2) is 30.3 Å². The normalized spacial score (nSPS) is 16.9. The molecule has 1 aliphatic heterocycles. The van der Waals surface area contributed by atoms with E-state index in [1.54, 1.807) is 0 Å². The van der Waals surface area contributed by atoms with Gasteiger partial charge in [-0.2, -0.15) is 0 Å². The summed E-state index contributed by atoms with van der Waals surface area (Å²) in [6.45, 7) is 4.23. The Balaban J connectivity index is 1.46. The molecular formula is C16H25NO. The van der Waals surface area contributed by atoms with Crippen molar-refractivity contribution < 1.29 is 4.74 Å². The monoisotopic (exact) mass is 247 g/mol. The maximum absolute atomic E-state index is 5.78. The largest absolute Gasteiger partial charge is 0.381 e. The van der Waals surface area contributed by atoms with Crippen LogP contribution in [-0.4, -0.2) is 26.3 Å². The molecule has 0 amide bonds. The molecule has 0 unspecified atom stereocenters. The molecule has 18 heavy (non-hydrogen) atoms. The fourth-order valence-corrected chi connectivity index (χ4v) is 2.48. The summed E-state index contributed by atoms with van der Waals surface area (Å²) >= 11 is 0. The average Bonchev–Trinajstić information content (AvgIpc) is 2.45. The van der Waals surface area contributed by atoms with Gasteiger partial charge in [0.05, 0.1) is 0 Å². The Labute approximate surface area is 111 Å². The van der Waals surface area contributed by atoms with Gasteiger partial charge < -0.3 is 10.1 Å². The van der Waals surface area contributed by atoms with Crippen LogP contribution in [0.1, 0.15) is 31.2 Å². The SMILES string of the molecule is c1ccc(CCCCOCC2CCNCC2)cc1. The number of unbranched alkanes of at least 4 members (excludes halogenated alkanes) is 1. The fraction of sp³-hybridized carbons (Fsp3) is 0.625. The van der Waals surface area contributed by atoms with Crippen LogP contribution < -0.4 is 5.32 Å². The van der Waals surface area contributed by atoms with Crippen LogP contribution >= 0.6 is 0 Å². The Hall–Kier alpha value is -0.860. The molecule has 0 saturated carbocycles. The van der Waals surface area contributed by atoms with Gasteiger partial charge in [0.1, 0.15) is 0 Å². The lowest BCUT2D eigenvalue weighted by Gasteiger charge is -2.22. The van der Waals surface area contributed by atoms with Crippen LogP contribution in [0.2, 0.25) is 0 Å². The van der Waals surface area contributed by atoms with Gasteiger partial charge in [0, 0.05) is 13.2 Å². The molecule has 0 bridgehead atoms. The van der Waals surface area contributed by atoms with Crippen molar-refractivity contribution in [3.05, 3.63) is 35.9 Å². The predicted octanol–water partition coefficient (Wildman–Crippen LogP) is 3.03. The molecule has 100 valence electrons. The molecular weight excluding hydrogens is 222 g/mol. The van der Waals surface area contributed by atoms with Crippen LogP contribution in [-0.2, 0) is 11.2 Å². The van der Waals surface area contributed by atoms with Gasteiger partial charge in [-0.1, -0.05) is 30.3 Å². The second-order valence-electron chi connectivity index (χ2n) is 5.21. The van der Waals surface area contributed by atoms with E-state index in [0.717, 1.165) is 19.1 Å². The second-order valence-corrected chi connectivity index (χ2v) is 5.21. The van der Waals surface area contributed by atoms with Crippen molar-refractivity contribution in [2.24, 2.45) is 5.92 Å². The van der Waals surface area contributed by atoms with Crippen molar-refractivity contribution in [3.63, 3.8) is 0 Å². The van der Waals surface area contributed by atoms with Gasteiger partial charge in [-0.15, -0.1) is 0 Å². The number of aryl methyl sites for hydroxylation is 1. The zero-order chi connectivity index (χ0) is 12.5. The summed E-state index contributed by atoms with van der Waals surface area (Å²) in [6.07, 6.45) is 6.15. The third-order valence-corrected chi connectivity index (χ3v) is 3.66. The van der Waals surface area contributed by atoms with E-state index in [1.165, 1.54) is 50.8 Å². The zero-order valence-corrected chi connectivity index (χ0v) is 11.2. The van der Waals surface area contributed by atoms with Gasteiger partial charge in [-0.3, -0.25) is 0 Å². The number of rotatable bonds is 7. The van der Waals surface area contributed by atoms with Gasteiger partial charge >= 0.3 is 0 Å². The standard InChI is InChI=1S/C16H25NO/c1-2-6-15(7-3-1)8-4-5-13-18-14-16-9-11-17-12-10-16/h1-3,6-7,16-17H,4-5,8-14H2. The lowest BCUT2D eigenvalue weighted by molar-refractivity contribution is 0.0853. The van der Waals surface area contributed by atoms with Crippen LogP contribution in [0.25, 0.3) is 0 Å². The van der Waals surface area contributed by atoms with E-state index < -0.39 is 0 Å². The Morgan fingerprint density at radius 3 is 2.61 bits per heavy atom.